The summed E-state index contributed by atoms with van der Waals surface area (Å²) in [5, 5.41) is 9.43. The van der Waals surface area contributed by atoms with Crippen molar-refractivity contribution in [2.24, 2.45) is 0 Å². The number of likely N-dealkylation sites (tertiary alicyclic amines) is 1. The maximum atomic E-state index is 12.7. The predicted molar refractivity (Wildman–Crippen MR) is 86.5 cm³/mol. The number of amides is 2. The molecule has 0 spiro atoms. The number of rotatable bonds is 3. The van der Waals surface area contributed by atoms with Gasteiger partial charge in [-0.2, -0.15) is 0 Å². The van der Waals surface area contributed by atoms with Gasteiger partial charge in [0, 0.05) is 11.4 Å². The lowest BCUT2D eigenvalue weighted by Gasteiger charge is -2.34. The van der Waals surface area contributed by atoms with Crippen LogP contribution in [0.15, 0.2) is 29.2 Å². The van der Waals surface area contributed by atoms with Gasteiger partial charge in [-0.3, -0.25) is 9.59 Å². The van der Waals surface area contributed by atoms with Crippen molar-refractivity contribution in [1.82, 2.24) is 4.90 Å². The minimum absolute atomic E-state index is 0.112. The number of fused-ring (bicyclic) bond motifs is 1. The van der Waals surface area contributed by atoms with Crippen LogP contribution in [0.2, 0.25) is 0 Å². The molecule has 23 heavy (non-hydrogen) atoms. The predicted octanol–water partition coefficient (Wildman–Crippen LogP) is 1.59. The Morgan fingerprint density at radius 1 is 1.35 bits per heavy atom. The third-order valence-electron chi connectivity index (χ3n) is 4.50. The largest absolute Gasteiger partial charge is 0.480 e. The molecule has 0 aromatic heterocycles. The number of nitrogens with zero attached hydrogens (tertiary/aromatic N) is 2. The highest BCUT2D eigenvalue weighted by Crippen LogP contribution is 2.35. The summed E-state index contributed by atoms with van der Waals surface area (Å²) in [6.45, 7) is 1.88. The SMILES string of the molecule is CC1(C(=O)O)CCCN1C(=O)CN1C(=O)CSc2ccccc21. The second-order valence-electron chi connectivity index (χ2n) is 5.96. The summed E-state index contributed by atoms with van der Waals surface area (Å²) in [6.07, 6.45) is 1.10. The molecule has 0 radical (unpaired) electrons. The number of benzene rings is 1. The zero-order chi connectivity index (χ0) is 16.6. The van der Waals surface area contributed by atoms with Crippen molar-refractivity contribution in [3.63, 3.8) is 0 Å². The van der Waals surface area contributed by atoms with Crippen LogP contribution in [-0.4, -0.2) is 52.2 Å². The van der Waals surface area contributed by atoms with E-state index in [1.165, 1.54) is 21.6 Å². The van der Waals surface area contributed by atoms with Crippen LogP contribution in [0.3, 0.4) is 0 Å². The first-order valence-electron chi connectivity index (χ1n) is 7.49. The van der Waals surface area contributed by atoms with Gasteiger partial charge in [-0.25, -0.2) is 4.79 Å². The maximum Gasteiger partial charge on any atom is 0.329 e. The Morgan fingerprint density at radius 2 is 2.09 bits per heavy atom. The summed E-state index contributed by atoms with van der Waals surface area (Å²) < 4.78 is 0. The number of anilines is 1. The fourth-order valence-corrected chi connectivity index (χ4v) is 4.07. The molecule has 0 bridgehead atoms. The number of carboxylic acid groups (broad SMARTS) is 1. The van der Waals surface area contributed by atoms with Gasteiger partial charge in [-0.15, -0.1) is 11.8 Å². The first kappa shape index (κ1) is 15.9. The summed E-state index contributed by atoms with van der Waals surface area (Å²) in [5.74, 6) is -1.15. The summed E-state index contributed by atoms with van der Waals surface area (Å²) in [7, 11) is 0. The van der Waals surface area contributed by atoms with Gasteiger partial charge in [0.15, 0.2) is 0 Å². The Bertz CT molecular complexity index is 678. The molecule has 122 valence electrons. The number of hydrogen-bond donors (Lipinski definition) is 1. The summed E-state index contributed by atoms with van der Waals surface area (Å²) >= 11 is 1.45. The molecule has 1 atom stereocenters. The van der Waals surface area contributed by atoms with Gasteiger partial charge >= 0.3 is 5.97 Å². The molecule has 0 aliphatic carbocycles. The average Bonchev–Trinajstić information content (AvgIpc) is 2.93. The third-order valence-corrected chi connectivity index (χ3v) is 5.55. The average molecular weight is 334 g/mol. The van der Waals surface area contributed by atoms with Gasteiger partial charge in [0.05, 0.1) is 11.4 Å². The van der Waals surface area contributed by atoms with Crippen LogP contribution in [0.1, 0.15) is 19.8 Å². The Balaban J connectivity index is 1.83. The van der Waals surface area contributed by atoms with Gasteiger partial charge in [-0.05, 0) is 31.9 Å². The van der Waals surface area contributed by atoms with Crippen molar-refractivity contribution in [2.45, 2.75) is 30.2 Å². The Morgan fingerprint density at radius 3 is 2.83 bits per heavy atom. The molecular formula is C16H18N2O4S. The lowest BCUT2D eigenvalue weighted by atomic mass is 9.99. The highest BCUT2D eigenvalue weighted by atomic mass is 32.2. The van der Waals surface area contributed by atoms with Gasteiger partial charge in [0.25, 0.3) is 0 Å². The van der Waals surface area contributed by atoms with Crippen LogP contribution in [0, 0.1) is 0 Å². The lowest BCUT2D eigenvalue weighted by molar-refractivity contribution is -0.154. The van der Waals surface area contributed by atoms with Crippen molar-refractivity contribution in [3.8, 4) is 0 Å². The normalized spacial score (nSPS) is 23.8. The van der Waals surface area contributed by atoms with Crippen LogP contribution in [-0.2, 0) is 14.4 Å². The van der Waals surface area contributed by atoms with Crippen molar-refractivity contribution in [2.75, 3.05) is 23.7 Å². The summed E-state index contributed by atoms with van der Waals surface area (Å²) in [5.41, 5.74) is -0.456. The Kier molecular flexibility index (Phi) is 4.06. The number of para-hydroxylation sites is 1. The Labute approximate surface area is 138 Å². The van der Waals surface area contributed by atoms with Crippen molar-refractivity contribution < 1.29 is 19.5 Å². The first-order valence-corrected chi connectivity index (χ1v) is 8.48. The molecule has 7 heteroatoms. The van der Waals surface area contributed by atoms with Crippen LogP contribution in [0.4, 0.5) is 5.69 Å². The van der Waals surface area contributed by atoms with E-state index in [0.717, 1.165) is 10.6 Å². The smallest absolute Gasteiger partial charge is 0.329 e. The molecule has 2 aliphatic heterocycles. The van der Waals surface area contributed by atoms with E-state index in [1.807, 2.05) is 24.3 Å². The standard InChI is InChI=1S/C16H18N2O4S/c1-16(15(21)22)7-4-8-18(16)13(19)9-17-11-5-2-3-6-12(11)23-10-14(17)20/h2-3,5-6H,4,7-10H2,1H3,(H,21,22). The topological polar surface area (TPSA) is 77.9 Å². The number of aliphatic carboxylic acids is 1. The zero-order valence-electron chi connectivity index (χ0n) is 12.8. The molecule has 1 N–H and O–H groups in total. The summed E-state index contributed by atoms with van der Waals surface area (Å²) in [6, 6.07) is 7.45. The van der Waals surface area contributed by atoms with E-state index in [9.17, 15) is 19.5 Å². The quantitative estimate of drug-likeness (QED) is 0.908. The molecule has 1 aromatic rings. The molecule has 2 aliphatic rings. The van der Waals surface area contributed by atoms with Gasteiger partial charge in [0.2, 0.25) is 11.8 Å². The van der Waals surface area contributed by atoms with Crippen LogP contribution < -0.4 is 4.90 Å². The first-order chi connectivity index (χ1) is 10.9. The zero-order valence-corrected chi connectivity index (χ0v) is 13.6. The number of carboxylic acids is 1. The van der Waals surface area contributed by atoms with Gasteiger partial charge < -0.3 is 14.9 Å². The van der Waals surface area contributed by atoms with Crippen LogP contribution in [0.25, 0.3) is 0 Å². The number of carbonyl (C=O) groups is 3. The summed E-state index contributed by atoms with van der Waals surface area (Å²) in [4.78, 5) is 40.2. The molecule has 0 saturated carbocycles. The minimum Gasteiger partial charge on any atom is -0.480 e. The van der Waals surface area contributed by atoms with Crippen molar-refractivity contribution in [3.05, 3.63) is 24.3 Å². The van der Waals surface area contributed by atoms with Crippen molar-refractivity contribution in [1.29, 1.82) is 0 Å². The van der Waals surface area contributed by atoms with Gasteiger partial charge in [0.1, 0.15) is 12.1 Å². The highest BCUT2D eigenvalue weighted by molar-refractivity contribution is 8.00. The third kappa shape index (κ3) is 2.69. The van der Waals surface area contributed by atoms with E-state index in [1.54, 1.807) is 6.92 Å². The molecule has 6 nitrogen and oxygen atoms in total. The van der Waals surface area contributed by atoms with E-state index in [4.69, 9.17) is 0 Å². The number of carbonyl (C=O) groups excluding carboxylic acids is 2. The van der Waals surface area contributed by atoms with E-state index in [2.05, 4.69) is 0 Å². The fourth-order valence-electron chi connectivity index (χ4n) is 3.13. The second kappa shape index (κ2) is 5.88. The minimum atomic E-state index is -1.18. The fraction of sp³-hybridized carbons (Fsp3) is 0.438. The molecule has 3 rings (SSSR count). The van der Waals surface area contributed by atoms with E-state index >= 15 is 0 Å². The monoisotopic (exact) mass is 334 g/mol. The van der Waals surface area contributed by atoms with E-state index < -0.39 is 11.5 Å². The highest BCUT2D eigenvalue weighted by Gasteiger charge is 2.46. The molecule has 1 fully saturated rings. The molecule has 2 heterocycles. The van der Waals surface area contributed by atoms with Crippen LogP contribution in [0.5, 0.6) is 0 Å². The van der Waals surface area contributed by atoms with Gasteiger partial charge in [-0.1, -0.05) is 12.1 Å². The molecular weight excluding hydrogens is 316 g/mol. The maximum absolute atomic E-state index is 12.7. The molecule has 2 amide bonds. The second-order valence-corrected chi connectivity index (χ2v) is 6.98. The van der Waals surface area contributed by atoms with E-state index in [-0.39, 0.29) is 18.4 Å². The van der Waals surface area contributed by atoms with Crippen LogP contribution >= 0.6 is 11.8 Å². The number of thioether (sulfide) groups is 1. The van der Waals surface area contributed by atoms with E-state index in [0.29, 0.717) is 25.1 Å². The lowest BCUT2D eigenvalue weighted by Crippen LogP contribution is -2.54. The molecule has 1 saturated heterocycles. The number of hydrogen-bond acceptors (Lipinski definition) is 4. The molecule has 1 aromatic carbocycles. The van der Waals surface area contributed by atoms with Crippen molar-refractivity contribution >= 4 is 35.2 Å². The Hall–Kier alpha value is -2.02. The molecule has 1 unspecified atom stereocenters.